The Kier molecular flexibility index (Phi) is 5.09. The fraction of sp³-hybridized carbons (Fsp3) is 0.455. The molecule has 0 aliphatic carbocycles. The Morgan fingerprint density at radius 1 is 1.25 bits per heavy atom. The lowest BCUT2D eigenvalue weighted by Gasteiger charge is -2.09. The molecule has 0 spiro atoms. The van der Waals surface area contributed by atoms with E-state index >= 15 is 0 Å². The molecule has 0 heterocycles. The van der Waals surface area contributed by atoms with Gasteiger partial charge in [0.2, 0.25) is 0 Å². The van der Waals surface area contributed by atoms with E-state index in [1.165, 1.54) is 6.07 Å². The average Bonchev–Trinajstić information content (AvgIpc) is 2.24. The average molecular weight is 262 g/mol. The van der Waals surface area contributed by atoms with E-state index in [1.54, 1.807) is 18.2 Å². The quantitative estimate of drug-likeness (QED) is 0.632. The number of benzene rings is 1. The van der Waals surface area contributed by atoms with Crippen LogP contribution in [0, 0.1) is 0 Å². The summed E-state index contributed by atoms with van der Waals surface area (Å²) in [7, 11) is 1.67. The molecule has 0 unspecified atom stereocenters. The van der Waals surface area contributed by atoms with Crippen LogP contribution in [0.3, 0.4) is 0 Å². The molecule has 1 aromatic carbocycles. The largest absolute Gasteiger partial charge is 0.384 e. The van der Waals surface area contributed by atoms with Crippen molar-refractivity contribution in [3.63, 3.8) is 0 Å². The van der Waals surface area contributed by atoms with Crippen LogP contribution in [-0.4, -0.2) is 15.0 Å². The van der Waals surface area contributed by atoms with Crippen molar-refractivity contribution in [2.75, 3.05) is 11.9 Å². The van der Waals surface area contributed by atoms with Crippen LogP contribution in [0.1, 0.15) is 26.2 Å². The molecule has 0 amide bonds. The standard InChI is InChI=1S/C11H16ClNO2S/c1-2-3-6-9-13-10-7-4-5-8-11(10)16(12,14)15/h4-5,7-8,13H,2-3,6,9H2,1H3. The maximum atomic E-state index is 11.3. The molecule has 0 aromatic heterocycles. The summed E-state index contributed by atoms with van der Waals surface area (Å²) in [5, 5.41) is 3.09. The van der Waals surface area contributed by atoms with Gasteiger partial charge in [-0.05, 0) is 18.6 Å². The third-order valence-corrected chi connectivity index (χ3v) is 3.63. The predicted molar refractivity (Wildman–Crippen MR) is 67.5 cm³/mol. The van der Waals surface area contributed by atoms with E-state index in [1.807, 2.05) is 0 Å². The second-order valence-electron chi connectivity index (χ2n) is 3.57. The summed E-state index contributed by atoms with van der Waals surface area (Å²) in [5.41, 5.74) is 0.577. The molecule has 3 nitrogen and oxygen atoms in total. The minimum Gasteiger partial charge on any atom is -0.384 e. The lowest BCUT2D eigenvalue weighted by atomic mass is 10.2. The highest BCUT2D eigenvalue weighted by Gasteiger charge is 2.14. The summed E-state index contributed by atoms with van der Waals surface area (Å²) in [6.45, 7) is 2.88. The van der Waals surface area contributed by atoms with Crippen LogP contribution in [0.5, 0.6) is 0 Å². The number of nitrogens with one attached hydrogen (secondary N) is 1. The highest BCUT2D eigenvalue weighted by Crippen LogP contribution is 2.24. The zero-order valence-electron chi connectivity index (χ0n) is 9.24. The van der Waals surface area contributed by atoms with E-state index in [0.717, 1.165) is 25.8 Å². The molecule has 0 saturated carbocycles. The zero-order chi connectivity index (χ0) is 12.0. The third kappa shape index (κ3) is 4.02. The summed E-state index contributed by atoms with van der Waals surface area (Å²) in [6, 6.07) is 6.67. The molecule has 0 aliphatic rings. The lowest BCUT2D eigenvalue weighted by Crippen LogP contribution is -2.05. The van der Waals surface area contributed by atoms with E-state index < -0.39 is 9.05 Å². The van der Waals surface area contributed by atoms with Crippen molar-refractivity contribution in [1.29, 1.82) is 0 Å². The van der Waals surface area contributed by atoms with Gasteiger partial charge in [0, 0.05) is 17.2 Å². The van der Waals surface area contributed by atoms with Gasteiger partial charge in [0.15, 0.2) is 0 Å². The van der Waals surface area contributed by atoms with Crippen LogP contribution in [0.25, 0.3) is 0 Å². The Labute approximate surface area is 101 Å². The second-order valence-corrected chi connectivity index (χ2v) is 6.10. The van der Waals surface area contributed by atoms with Crippen LogP contribution in [-0.2, 0) is 9.05 Å². The first-order chi connectivity index (χ1) is 7.55. The van der Waals surface area contributed by atoms with Gasteiger partial charge in [0.05, 0.1) is 5.69 Å². The van der Waals surface area contributed by atoms with Gasteiger partial charge in [0.25, 0.3) is 9.05 Å². The molecule has 0 fully saturated rings. The van der Waals surface area contributed by atoms with Gasteiger partial charge in [-0.15, -0.1) is 0 Å². The van der Waals surface area contributed by atoms with Crippen molar-refractivity contribution in [1.82, 2.24) is 0 Å². The van der Waals surface area contributed by atoms with Crippen molar-refractivity contribution >= 4 is 25.4 Å². The van der Waals surface area contributed by atoms with Crippen LogP contribution in [0.2, 0.25) is 0 Å². The molecule has 0 radical (unpaired) electrons. The monoisotopic (exact) mass is 261 g/mol. The van der Waals surface area contributed by atoms with Crippen LogP contribution < -0.4 is 5.32 Å². The Morgan fingerprint density at radius 2 is 1.94 bits per heavy atom. The molecule has 90 valence electrons. The summed E-state index contributed by atoms with van der Waals surface area (Å²) < 4.78 is 22.5. The zero-order valence-corrected chi connectivity index (χ0v) is 10.8. The summed E-state index contributed by atoms with van der Waals surface area (Å²) in [4.78, 5) is 0.146. The minimum atomic E-state index is -3.67. The van der Waals surface area contributed by atoms with E-state index in [4.69, 9.17) is 10.7 Å². The van der Waals surface area contributed by atoms with Crippen LogP contribution in [0.4, 0.5) is 5.69 Å². The molecule has 0 aliphatic heterocycles. The predicted octanol–water partition coefficient (Wildman–Crippen LogP) is 3.22. The molecule has 1 aromatic rings. The minimum absolute atomic E-state index is 0.146. The first-order valence-electron chi connectivity index (χ1n) is 5.33. The number of rotatable bonds is 6. The normalized spacial score (nSPS) is 11.4. The smallest absolute Gasteiger partial charge is 0.263 e. The molecule has 5 heteroatoms. The number of para-hydroxylation sites is 1. The topological polar surface area (TPSA) is 46.2 Å². The fourth-order valence-electron chi connectivity index (χ4n) is 1.42. The van der Waals surface area contributed by atoms with Gasteiger partial charge in [-0.2, -0.15) is 0 Å². The summed E-state index contributed by atoms with van der Waals surface area (Å²) in [6.07, 6.45) is 3.28. The van der Waals surface area contributed by atoms with Crippen molar-refractivity contribution in [2.45, 2.75) is 31.1 Å². The lowest BCUT2D eigenvalue weighted by molar-refractivity contribution is 0.609. The maximum Gasteiger partial charge on any atom is 0.263 e. The fourth-order valence-corrected chi connectivity index (χ4v) is 2.47. The van der Waals surface area contributed by atoms with Gasteiger partial charge in [-0.1, -0.05) is 31.9 Å². The first-order valence-corrected chi connectivity index (χ1v) is 7.64. The number of halogens is 1. The number of anilines is 1. The number of hydrogen-bond donors (Lipinski definition) is 1. The number of unbranched alkanes of at least 4 members (excludes halogenated alkanes) is 2. The molecule has 16 heavy (non-hydrogen) atoms. The van der Waals surface area contributed by atoms with Crippen molar-refractivity contribution in [3.8, 4) is 0 Å². The Balaban J connectivity index is 2.73. The molecule has 0 atom stereocenters. The van der Waals surface area contributed by atoms with Gasteiger partial charge in [-0.25, -0.2) is 8.42 Å². The van der Waals surface area contributed by atoms with Gasteiger partial charge in [0.1, 0.15) is 4.90 Å². The Bertz CT molecular complexity index is 431. The SMILES string of the molecule is CCCCCNc1ccccc1S(=O)(=O)Cl. The molecular weight excluding hydrogens is 246 g/mol. The van der Waals surface area contributed by atoms with E-state index in [9.17, 15) is 8.42 Å². The summed E-state index contributed by atoms with van der Waals surface area (Å²) in [5.74, 6) is 0. The second kappa shape index (κ2) is 6.11. The molecular formula is C11H16ClNO2S. The Hall–Kier alpha value is -0.740. The Morgan fingerprint density at radius 3 is 2.56 bits per heavy atom. The van der Waals surface area contributed by atoms with Gasteiger partial charge < -0.3 is 5.32 Å². The maximum absolute atomic E-state index is 11.3. The van der Waals surface area contributed by atoms with Crippen molar-refractivity contribution < 1.29 is 8.42 Å². The highest BCUT2D eigenvalue weighted by atomic mass is 35.7. The highest BCUT2D eigenvalue weighted by molar-refractivity contribution is 8.13. The van der Waals surface area contributed by atoms with E-state index in [0.29, 0.717) is 5.69 Å². The van der Waals surface area contributed by atoms with E-state index in [-0.39, 0.29) is 4.90 Å². The van der Waals surface area contributed by atoms with Crippen molar-refractivity contribution in [3.05, 3.63) is 24.3 Å². The van der Waals surface area contributed by atoms with Crippen LogP contribution in [0.15, 0.2) is 29.2 Å². The third-order valence-electron chi connectivity index (χ3n) is 2.25. The molecule has 1 rings (SSSR count). The summed E-state index contributed by atoms with van der Waals surface area (Å²) >= 11 is 0. The van der Waals surface area contributed by atoms with Crippen molar-refractivity contribution in [2.24, 2.45) is 0 Å². The van der Waals surface area contributed by atoms with Gasteiger partial charge in [-0.3, -0.25) is 0 Å². The number of hydrogen-bond acceptors (Lipinski definition) is 3. The molecule has 0 bridgehead atoms. The first kappa shape index (κ1) is 13.3. The van der Waals surface area contributed by atoms with Gasteiger partial charge >= 0.3 is 0 Å². The van der Waals surface area contributed by atoms with E-state index in [2.05, 4.69) is 12.2 Å². The van der Waals surface area contributed by atoms with Crippen LogP contribution >= 0.6 is 10.7 Å². The molecule has 1 N–H and O–H groups in total. The molecule has 0 saturated heterocycles.